The fourth-order valence-electron chi connectivity index (χ4n) is 6.98. The second-order valence-corrected chi connectivity index (χ2v) is 11.1. The predicted octanol–water partition coefficient (Wildman–Crippen LogP) is 10.5. The van der Waals surface area contributed by atoms with E-state index in [1.54, 1.807) is 0 Å². The Morgan fingerprint density at radius 2 is 0.756 bits per heavy atom. The van der Waals surface area contributed by atoms with Crippen molar-refractivity contribution in [1.82, 2.24) is 9.13 Å². The number of aromatic nitrogens is 2. The van der Waals surface area contributed by atoms with Gasteiger partial charge in [0.1, 0.15) is 0 Å². The summed E-state index contributed by atoms with van der Waals surface area (Å²) in [4.78, 5) is 0. The molecule has 0 radical (unpaired) electrons. The molecule has 0 aliphatic carbocycles. The van der Waals surface area contributed by atoms with Crippen molar-refractivity contribution in [3.63, 3.8) is 0 Å². The van der Waals surface area contributed by atoms with Crippen LogP contribution < -0.4 is 0 Å². The fourth-order valence-corrected chi connectivity index (χ4v) is 6.98. The molecule has 0 saturated carbocycles. The van der Waals surface area contributed by atoms with E-state index in [1.807, 2.05) is 0 Å². The van der Waals surface area contributed by atoms with Gasteiger partial charge in [0, 0.05) is 32.9 Å². The standard InChI is InChI=1S/C39H26N2/c1-25-15-17-27(18-16-25)41-35-14-8-6-12-33(35)39-31-20-19-30-28(29(31)22-24-37(39)41)21-23-36-38(30)32-11-5-7-13-34(32)40(36)26-9-3-2-4-10-26/h2-24H,1H3. The minimum atomic E-state index is 1.18. The van der Waals surface area contributed by atoms with E-state index in [1.165, 1.54) is 82.1 Å². The molecule has 0 bridgehead atoms. The SMILES string of the molecule is Cc1ccc(-n2c3ccccc3c3c4ccc5c(ccc6c5c5ccccc5n6-c5ccccc5)c4ccc32)cc1. The fraction of sp³-hybridized carbons (Fsp3) is 0.0256. The van der Waals surface area contributed by atoms with Crippen molar-refractivity contribution in [2.24, 2.45) is 0 Å². The van der Waals surface area contributed by atoms with Crippen LogP contribution in [-0.2, 0) is 0 Å². The Kier molecular flexibility index (Phi) is 4.57. The highest BCUT2D eigenvalue weighted by atomic mass is 15.0. The third-order valence-corrected chi connectivity index (χ3v) is 8.77. The van der Waals surface area contributed by atoms with Crippen LogP contribution in [0.2, 0.25) is 0 Å². The highest BCUT2D eigenvalue weighted by molar-refractivity contribution is 6.30. The number of nitrogens with zero attached hydrogens (tertiary/aromatic N) is 2. The van der Waals surface area contributed by atoms with Crippen molar-refractivity contribution in [3.05, 3.63) is 145 Å². The Morgan fingerprint density at radius 3 is 1.29 bits per heavy atom. The molecule has 2 heterocycles. The lowest BCUT2D eigenvalue weighted by Crippen LogP contribution is -1.93. The number of hydrogen-bond donors (Lipinski definition) is 0. The Bertz CT molecular complexity index is 2460. The number of aryl methyl sites for hydroxylation is 1. The monoisotopic (exact) mass is 522 g/mol. The zero-order chi connectivity index (χ0) is 27.1. The van der Waals surface area contributed by atoms with E-state index in [0.29, 0.717) is 0 Å². The molecule has 0 spiro atoms. The summed E-state index contributed by atoms with van der Waals surface area (Å²) in [5.41, 5.74) is 8.59. The van der Waals surface area contributed by atoms with Crippen LogP contribution in [0.4, 0.5) is 0 Å². The van der Waals surface area contributed by atoms with Crippen LogP contribution in [0.15, 0.2) is 140 Å². The maximum atomic E-state index is 2.41. The molecular weight excluding hydrogens is 496 g/mol. The van der Waals surface area contributed by atoms with Gasteiger partial charge in [0.2, 0.25) is 0 Å². The first kappa shape index (κ1) is 22.5. The van der Waals surface area contributed by atoms with Crippen molar-refractivity contribution >= 4 is 65.2 Å². The molecule has 0 unspecified atom stereocenters. The first-order valence-corrected chi connectivity index (χ1v) is 14.2. The molecule has 0 fully saturated rings. The summed E-state index contributed by atoms with van der Waals surface area (Å²) >= 11 is 0. The van der Waals surface area contributed by atoms with Crippen LogP contribution in [0.1, 0.15) is 5.56 Å². The molecule has 2 nitrogen and oxygen atoms in total. The van der Waals surface area contributed by atoms with Crippen LogP contribution in [-0.4, -0.2) is 9.13 Å². The van der Waals surface area contributed by atoms with E-state index >= 15 is 0 Å². The van der Waals surface area contributed by atoms with E-state index in [2.05, 4.69) is 156 Å². The maximum absolute atomic E-state index is 2.41. The highest BCUT2D eigenvalue weighted by Crippen LogP contribution is 2.42. The Labute approximate surface area is 237 Å². The average molecular weight is 523 g/mol. The van der Waals surface area contributed by atoms with Crippen LogP contribution in [0.3, 0.4) is 0 Å². The average Bonchev–Trinajstić information content (AvgIpc) is 3.55. The van der Waals surface area contributed by atoms with Crippen molar-refractivity contribution < 1.29 is 0 Å². The van der Waals surface area contributed by atoms with Gasteiger partial charge in [0.15, 0.2) is 0 Å². The van der Waals surface area contributed by atoms with E-state index in [9.17, 15) is 0 Å². The van der Waals surface area contributed by atoms with Gasteiger partial charge in [0.05, 0.1) is 22.1 Å². The topological polar surface area (TPSA) is 9.86 Å². The maximum Gasteiger partial charge on any atom is 0.0547 e. The highest BCUT2D eigenvalue weighted by Gasteiger charge is 2.18. The molecule has 2 heteroatoms. The lowest BCUT2D eigenvalue weighted by Gasteiger charge is -2.11. The van der Waals surface area contributed by atoms with Crippen LogP contribution in [0.25, 0.3) is 76.5 Å². The minimum absolute atomic E-state index is 1.18. The van der Waals surface area contributed by atoms with Crippen molar-refractivity contribution in [2.45, 2.75) is 6.92 Å². The zero-order valence-corrected chi connectivity index (χ0v) is 22.7. The summed E-state index contributed by atoms with van der Waals surface area (Å²) in [6.45, 7) is 2.14. The number of para-hydroxylation sites is 3. The van der Waals surface area contributed by atoms with Gasteiger partial charge in [-0.05, 0) is 77.0 Å². The summed E-state index contributed by atoms with van der Waals surface area (Å²) in [6, 6.07) is 51.1. The number of fused-ring (bicyclic) bond motifs is 11. The third kappa shape index (κ3) is 3.07. The number of hydrogen-bond acceptors (Lipinski definition) is 0. The van der Waals surface area contributed by atoms with E-state index in [0.717, 1.165) is 0 Å². The predicted molar refractivity (Wildman–Crippen MR) is 175 cm³/mol. The van der Waals surface area contributed by atoms with E-state index in [-0.39, 0.29) is 0 Å². The molecule has 9 rings (SSSR count). The van der Waals surface area contributed by atoms with Crippen molar-refractivity contribution in [1.29, 1.82) is 0 Å². The summed E-state index contributed by atoms with van der Waals surface area (Å²) in [6.07, 6.45) is 0. The molecule has 0 amide bonds. The van der Waals surface area contributed by atoms with E-state index < -0.39 is 0 Å². The van der Waals surface area contributed by atoms with Gasteiger partial charge in [-0.15, -0.1) is 0 Å². The first-order valence-electron chi connectivity index (χ1n) is 14.2. The van der Waals surface area contributed by atoms with Crippen LogP contribution >= 0.6 is 0 Å². The molecule has 9 aromatic rings. The van der Waals surface area contributed by atoms with Gasteiger partial charge in [-0.3, -0.25) is 0 Å². The van der Waals surface area contributed by atoms with Gasteiger partial charge in [-0.1, -0.05) is 96.6 Å². The number of rotatable bonds is 2. The number of benzene rings is 7. The van der Waals surface area contributed by atoms with Crippen molar-refractivity contribution in [3.8, 4) is 11.4 Å². The third-order valence-electron chi connectivity index (χ3n) is 8.77. The first-order chi connectivity index (χ1) is 20.3. The summed E-state index contributed by atoms with van der Waals surface area (Å²) in [7, 11) is 0. The smallest absolute Gasteiger partial charge is 0.0547 e. The molecule has 0 atom stereocenters. The second-order valence-electron chi connectivity index (χ2n) is 11.1. The molecular formula is C39H26N2. The summed E-state index contributed by atoms with van der Waals surface area (Å²) in [5.74, 6) is 0. The zero-order valence-electron chi connectivity index (χ0n) is 22.7. The van der Waals surface area contributed by atoms with Gasteiger partial charge in [-0.25, -0.2) is 0 Å². The minimum Gasteiger partial charge on any atom is -0.309 e. The van der Waals surface area contributed by atoms with Gasteiger partial charge < -0.3 is 9.13 Å². The Balaban J connectivity index is 1.41. The van der Waals surface area contributed by atoms with Gasteiger partial charge in [0.25, 0.3) is 0 Å². The molecule has 0 aliphatic heterocycles. The molecule has 7 aromatic carbocycles. The lowest BCUT2D eigenvalue weighted by atomic mass is 9.96. The van der Waals surface area contributed by atoms with Crippen LogP contribution in [0, 0.1) is 6.92 Å². The molecule has 2 aromatic heterocycles. The molecule has 41 heavy (non-hydrogen) atoms. The van der Waals surface area contributed by atoms with Crippen molar-refractivity contribution in [2.75, 3.05) is 0 Å². The largest absolute Gasteiger partial charge is 0.309 e. The molecule has 0 saturated heterocycles. The van der Waals surface area contributed by atoms with E-state index in [4.69, 9.17) is 0 Å². The van der Waals surface area contributed by atoms with Gasteiger partial charge >= 0.3 is 0 Å². The summed E-state index contributed by atoms with van der Waals surface area (Å²) < 4.78 is 4.80. The lowest BCUT2D eigenvalue weighted by molar-refractivity contribution is 1.18. The Morgan fingerprint density at radius 1 is 0.317 bits per heavy atom. The summed E-state index contributed by atoms with van der Waals surface area (Å²) in [5, 5.41) is 10.4. The molecule has 0 N–H and O–H groups in total. The second kappa shape index (κ2) is 8.33. The molecule has 192 valence electrons. The van der Waals surface area contributed by atoms with Gasteiger partial charge in [-0.2, -0.15) is 0 Å². The normalized spacial score (nSPS) is 12.0. The molecule has 0 aliphatic rings. The Hall–Kier alpha value is -5.34. The van der Waals surface area contributed by atoms with Crippen LogP contribution in [0.5, 0.6) is 0 Å². The quantitative estimate of drug-likeness (QED) is 0.200.